The van der Waals surface area contributed by atoms with Crippen molar-refractivity contribution in [1.29, 1.82) is 0 Å². The highest BCUT2D eigenvalue weighted by Gasteiger charge is 2.29. The summed E-state index contributed by atoms with van der Waals surface area (Å²) in [6, 6.07) is 8.16. The van der Waals surface area contributed by atoms with E-state index in [4.69, 9.17) is 10.5 Å². The van der Waals surface area contributed by atoms with Crippen molar-refractivity contribution in [3.8, 4) is 5.75 Å². The molecular formula is C17H28N2O2. The molecule has 0 spiro atoms. The first-order valence-electron chi connectivity index (χ1n) is 7.66. The van der Waals surface area contributed by atoms with Crippen LogP contribution >= 0.6 is 0 Å². The molecule has 1 rings (SSSR count). The van der Waals surface area contributed by atoms with Crippen LogP contribution in [0.3, 0.4) is 0 Å². The Morgan fingerprint density at radius 1 is 1.33 bits per heavy atom. The number of ether oxygens (including phenoxy) is 1. The molecule has 0 saturated carbocycles. The number of hydrogen-bond acceptors (Lipinski definition) is 3. The van der Waals surface area contributed by atoms with Gasteiger partial charge in [-0.1, -0.05) is 32.9 Å². The van der Waals surface area contributed by atoms with E-state index in [1.165, 1.54) is 5.56 Å². The molecule has 0 aliphatic heterocycles. The molecule has 0 aliphatic rings. The molecule has 0 heterocycles. The van der Waals surface area contributed by atoms with E-state index in [-0.39, 0.29) is 5.91 Å². The molecule has 1 aromatic carbocycles. The Morgan fingerprint density at radius 3 is 2.43 bits per heavy atom. The monoisotopic (exact) mass is 292 g/mol. The Morgan fingerprint density at radius 2 is 1.95 bits per heavy atom. The van der Waals surface area contributed by atoms with Gasteiger partial charge in [0.2, 0.25) is 5.91 Å². The minimum Gasteiger partial charge on any atom is -0.494 e. The van der Waals surface area contributed by atoms with Crippen molar-refractivity contribution < 1.29 is 9.53 Å². The topological polar surface area (TPSA) is 64.3 Å². The summed E-state index contributed by atoms with van der Waals surface area (Å²) < 4.78 is 5.71. The molecule has 4 nitrogen and oxygen atoms in total. The Balaban J connectivity index is 2.41. The second-order valence-corrected chi connectivity index (χ2v) is 5.90. The van der Waals surface area contributed by atoms with Crippen molar-refractivity contribution in [2.24, 2.45) is 5.73 Å². The molecule has 0 aliphatic carbocycles. The first-order valence-corrected chi connectivity index (χ1v) is 7.66. The Bertz CT molecular complexity index is 443. The standard InChI is InChI=1S/C17H28N2O2/c1-5-19-17(4,16(18)20)11-6-12-21-15-9-7-14(8-10-15)13(2)3/h7-10,13,19H,5-6,11-12H2,1-4H3,(H2,18,20). The molecule has 0 saturated heterocycles. The fraction of sp³-hybridized carbons (Fsp3) is 0.588. The van der Waals surface area contributed by atoms with Crippen LogP contribution in [0, 0.1) is 0 Å². The van der Waals surface area contributed by atoms with Crippen LogP contribution in [0.4, 0.5) is 0 Å². The molecule has 1 unspecified atom stereocenters. The van der Waals surface area contributed by atoms with Gasteiger partial charge in [-0.05, 0) is 49.9 Å². The van der Waals surface area contributed by atoms with Gasteiger partial charge in [0.25, 0.3) is 0 Å². The summed E-state index contributed by atoms with van der Waals surface area (Å²) in [5, 5.41) is 3.15. The lowest BCUT2D eigenvalue weighted by Gasteiger charge is -2.26. The van der Waals surface area contributed by atoms with E-state index < -0.39 is 5.54 Å². The minimum atomic E-state index is -0.653. The lowest BCUT2D eigenvalue weighted by atomic mass is 9.95. The number of hydrogen-bond donors (Lipinski definition) is 2. The second-order valence-electron chi connectivity index (χ2n) is 5.90. The SMILES string of the molecule is CCNC(C)(CCCOc1ccc(C(C)C)cc1)C(N)=O. The quantitative estimate of drug-likeness (QED) is 0.688. The van der Waals surface area contributed by atoms with Crippen LogP contribution in [0.2, 0.25) is 0 Å². The zero-order valence-corrected chi connectivity index (χ0v) is 13.6. The van der Waals surface area contributed by atoms with Gasteiger partial charge in [0.1, 0.15) is 5.75 Å². The summed E-state index contributed by atoms with van der Waals surface area (Å²) >= 11 is 0. The van der Waals surface area contributed by atoms with Crippen LogP contribution in [0.1, 0.15) is 52.0 Å². The van der Waals surface area contributed by atoms with Crippen molar-refractivity contribution >= 4 is 5.91 Å². The molecule has 0 fully saturated rings. The van der Waals surface area contributed by atoms with Crippen LogP contribution in [0.5, 0.6) is 5.75 Å². The number of likely N-dealkylation sites (N-methyl/N-ethyl adjacent to an activating group) is 1. The lowest BCUT2D eigenvalue weighted by molar-refractivity contribution is -0.124. The van der Waals surface area contributed by atoms with E-state index >= 15 is 0 Å². The normalized spacial score (nSPS) is 14.0. The van der Waals surface area contributed by atoms with Crippen molar-refractivity contribution in [3.05, 3.63) is 29.8 Å². The van der Waals surface area contributed by atoms with Crippen molar-refractivity contribution in [3.63, 3.8) is 0 Å². The van der Waals surface area contributed by atoms with E-state index in [0.29, 0.717) is 18.9 Å². The number of nitrogens with two attached hydrogens (primary N) is 1. The molecule has 1 aromatic rings. The summed E-state index contributed by atoms with van der Waals surface area (Å²) in [5.74, 6) is 1.07. The van der Waals surface area contributed by atoms with E-state index in [1.54, 1.807) is 0 Å². The summed E-state index contributed by atoms with van der Waals surface area (Å²) in [5.41, 5.74) is 6.10. The summed E-state index contributed by atoms with van der Waals surface area (Å²) in [7, 11) is 0. The van der Waals surface area contributed by atoms with Gasteiger partial charge >= 0.3 is 0 Å². The van der Waals surface area contributed by atoms with Crippen molar-refractivity contribution in [2.45, 2.75) is 52.0 Å². The van der Waals surface area contributed by atoms with Gasteiger partial charge < -0.3 is 15.8 Å². The Hall–Kier alpha value is -1.55. The minimum absolute atomic E-state index is 0.314. The zero-order valence-electron chi connectivity index (χ0n) is 13.6. The van der Waals surface area contributed by atoms with Gasteiger partial charge in [0, 0.05) is 0 Å². The van der Waals surface area contributed by atoms with Crippen LogP contribution in [0.15, 0.2) is 24.3 Å². The first-order chi connectivity index (χ1) is 9.89. The predicted molar refractivity (Wildman–Crippen MR) is 86.5 cm³/mol. The fourth-order valence-corrected chi connectivity index (χ4v) is 2.25. The van der Waals surface area contributed by atoms with E-state index in [1.807, 2.05) is 26.0 Å². The molecule has 3 N–H and O–H groups in total. The Kier molecular flexibility index (Phi) is 6.69. The highest BCUT2D eigenvalue weighted by Crippen LogP contribution is 2.19. The maximum absolute atomic E-state index is 11.5. The van der Waals surface area contributed by atoms with Gasteiger partial charge in [-0.25, -0.2) is 0 Å². The first kappa shape index (κ1) is 17.5. The second kappa shape index (κ2) is 8.03. The van der Waals surface area contributed by atoms with Gasteiger partial charge in [0.05, 0.1) is 12.1 Å². The number of carbonyl (C=O) groups excluding carboxylic acids is 1. The molecule has 0 bridgehead atoms. The molecule has 0 aromatic heterocycles. The lowest BCUT2D eigenvalue weighted by Crippen LogP contribution is -2.53. The van der Waals surface area contributed by atoms with Gasteiger partial charge in [-0.3, -0.25) is 4.79 Å². The van der Waals surface area contributed by atoms with E-state index in [0.717, 1.165) is 18.7 Å². The fourth-order valence-electron chi connectivity index (χ4n) is 2.25. The molecule has 1 amide bonds. The summed E-state index contributed by atoms with van der Waals surface area (Å²) in [6.07, 6.45) is 1.44. The largest absolute Gasteiger partial charge is 0.494 e. The van der Waals surface area contributed by atoms with E-state index in [2.05, 4.69) is 31.3 Å². The number of primary amides is 1. The Labute approximate surface area is 128 Å². The average molecular weight is 292 g/mol. The molecule has 0 radical (unpaired) electrons. The number of benzene rings is 1. The maximum atomic E-state index is 11.5. The van der Waals surface area contributed by atoms with Crippen LogP contribution in [0.25, 0.3) is 0 Å². The van der Waals surface area contributed by atoms with Gasteiger partial charge in [-0.2, -0.15) is 0 Å². The highest BCUT2D eigenvalue weighted by molar-refractivity contribution is 5.84. The van der Waals surface area contributed by atoms with Crippen LogP contribution < -0.4 is 15.8 Å². The van der Waals surface area contributed by atoms with Crippen molar-refractivity contribution in [1.82, 2.24) is 5.32 Å². The summed E-state index contributed by atoms with van der Waals surface area (Å²) in [6.45, 7) is 9.44. The third kappa shape index (κ3) is 5.38. The van der Waals surface area contributed by atoms with E-state index in [9.17, 15) is 4.79 Å². The third-order valence-electron chi connectivity index (χ3n) is 3.75. The zero-order chi connectivity index (χ0) is 15.9. The third-order valence-corrected chi connectivity index (χ3v) is 3.75. The molecule has 118 valence electrons. The van der Waals surface area contributed by atoms with Crippen molar-refractivity contribution in [2.75, 3.05) is 13.2 Å². The smallest absolute Gasteiger partial charge is 0.237 e. The molecular weight excluding hydrogens is 264 g/mol. The number of carbonyl (C=O) groups is 1. The van der Waals surface area contributed by atoms with Gasteiger partial charge in [0.15, 0.2) is 0 Å². The molecule has 21 heavy (non-hydrogen) atoms. The number of nitrogens with one attached hydrogen (secondary N) is 1. The van der Waals surface area contributed by atoms with Gasteiger partial charge in [-0.15, -0.1) is 0 Å². The van der Waals surface area contributed by atoms with Crippen LogP contribution in [-0.4, -0.2) is 24.6 Å². The number of rotatable bonds is 9. The van der Waals surface area contributed by atoms with Crippen LogP contribution in [-0.2, 0) is 4.79 Å². The number of amides is 1. The highest BCUT2D eigenvalue weighted by atomic mass is 16.5. The summed E-state index contributed by atoms with van der Waals surface area (Å²) in [4.78, 5) is 11.5. The predicted octanol–water partition coefficient (Wildman–Crippen LogP) is 2.82. The average Bonchev–Trinajstić information content (AvgIpc) is 2.44. The molecule has 4 heteroatoms. The maximum Gasteiger partial charge on any atom is 0.237 e. The molecule has 1 atom stereocenters.